The van der Waals surface area contributed by atoms with Crippen LogP contribution in [-0.4, -0.2) is 13.1 Å². The van der Waals surface area contributed by atoms with Crippen molar-refractivity contribution in [1.29, 1.82) is 0 Å². The molecule has 0 aliphatic heterocycles. The van der Waals surface area contributed by atoms with Crippen molar-refractivity contribution >= 4 is 11.6 Å². The first-order chi connectivity index (χ1) is 10.1. The lowest BCUT2D eigenvalue weighted by molar-refractivity contribution is 0.185. The summed E-state index contributed by atoms with van der Waals surface area (Å²) >= 11 is 0. The van der Waals surface area contributed by atoms with Gasteiger partial charge in [-0.25, -0.2) is 4.99 Å². The van der Waals surface area contributed by atoms with Gasteiger partial charge in [0.25, 0.3) is 0 Å². The number of ether oxygens (including phenoxy) is 1. The van der Waals surface area contributed by atoms with Crippen molar-refractivity contribution in [1.82, 2.24) is 0 Å². The smallest absolute Gasteiger partial charge is 0.193 e. The summed E-state index contributed by atoms with van der Waals surface area (Å²) in [6.07, 6.45) is 0. The lowest BCUT2D eigenvalue weighted by Gasteiger charge is -2.10. The van der Waals surface area contributed by atoms with Crippen molar-refractivity contribution in [2.45, 2.75) is 27.0 Å². The summed E-state index contributed by atoms with van der Waals surface area (Å²) in [5, 5.41) is 3.11. The Morgan fingerprint density at radius 3 is 2.71 bits per heavy atom. The Kier molecular flexibility index (Phi) is 5.00. The predicted octanol–water partition coefficient (Wildman–Crippen LogP) is 2.97. The molecule has 0 amide bonds. The average Bonchev–Trinajstić information content (AvgIpc) is 2.77. The highest BCUT2D eigenvalue weighted by Gasteiger charge is 2.05. The van der Waals surface area contributed by atoms with E-state index < -0.39 is 0 Å². The summed E-state index contributed by atoms with van der Waals surface area (Å²) in [6.45, 7) is 4.86. The Labute approximate surface area is 124 Å². The van der Waals surface area contributed by atoms with Crippen LogP contribution in [0.5, 0.6) is 0 Å². The molecule has 0 saturated carbocycles. The van der Waals surface area contributed by atoms with Gasteiger partial charge in [-0.05, 0) is 26.0 Å². The van der Waals surface area contributed by atoms with E-state index in [2.05, 4.69) is 10.3 Å². The fourth-order valence-corrected chi connectivity index (χ4v) is 2.11. The molecule has 5 heteroatoms. The predicted molar refractivity (Wildman–Crippen MR) is 84.3 cm³/mol. The Balaban J connectivity index is 2.05. The monoisotopic (exact) mass is 287 g/mol. The summed E-state index contributed by atoms with van der Waals surface area (Å²) in [7, 11) is 1.66. The van der Waals surface area contributed by atoms with Crippen LogP contribution in [0.2, 0.25) is 0 Å². The molecule has 0 unspecified atom stereocenters. The molecule has 2 aromatic rings. The number of anilines is 1. The lowest BCUT2D eigenvalue weighted by Crippen LogP contribution is -2.23. The minimum Gasteiger partial charge on any atom is -0.466 e. The van der Waals surface area contributed by atoms with E-state index in [9.17, 15) is 0 Å². The summed E-state index contributed by atoms with van der Waals surface area (Å²) in [5.41, 5.74) is 8.93. The molecular formula is C16H21N3O2. The Morgan fingerprint density at radius 1 is 1.29 bits per heavy atom. The van der Waals surface area contributed by atoms with Gasteiger partial charge in [0, 0.05) is 23.9 Å². The van der Waals surface area contributed by atoms with Crippen LogP contribution in [0, 0.1) is 13.8 Å². The molecule has 0 radical (unpaired) electrons. The van der Waals surface area contributed by atoms with Gasteiger partial charge in [0.15, 0.2) is 5.96 Å². The molecule has 0 bridgehead atoms. The number of hydrogen-bond acceptors (Lipinski definition) is 3. The second-order valence-electron chi connectivity index (χ2n) is 4.86. The third-order valence-electron chi connectivity index (χ3n) is 3.14. The minimum absolute atomic E-state index is 0.372. The summed E-state index contributed by atoms with van der Waals surface area (Å²) < 4.78 is 10.6. The van der Waals surface area contributed by atoms with Gasteiger partial charge in [-0.3, -0.25) is 0 Å². The Hall–Kier alpha value is -2.27. The van der Waals surface area contributed by atoms with Crippen LogP contribution in [0.4, 0.5) is 5.69 Å². The third-order valence-corrected chi connectivity index (χ3v) is 3.14. The van der Waals surface area contributed by atoms with Gasteiger partial charge in [-0.1, -0.05) is 18.2 Å². The van der Waals surface area contributed by atoms with Gasteiger partial charge in [-0.15, -0.1) is 0 Å². The normalized spacial score (nSPS) is 11.7. The van der Waals surface area contributed by atoms with Crippen LogP contribution in [0.15, 0.2) is 39.7 Å². The van der Waals surface area contributed by atoms with Crippen molar-refractivity contribution in [3.05, 3.63) is 53.0 Å². The third kappa shape index (κ3) is 4.10. The van der Waals surface area contributed by atoms with Crippen LogP contribution >= 0.6 is 0 Å². The van der Waals surface area contributed by atoms with Crippen molar-refractivity contribution in [2.24, 2.45) is 10.7 Å². The molecular weight excluding hydrogens is 266 g/mol. The van der Waals surface area contributed by atoms with E-state index in [1.54, 1.807) is 7.11 Å². The molecule has 1 aromatic heterocycles. The van der Waals surface area contributed by atoms with E-state index in [4.69, 9.17) is 14.9 Å². The molecule has 21 heavy (non-hydrogen) atoms. The highest BCUT2D eigenvalue weighted by molar-refractivity contribution is 5.92. The second kappa shape index (κ2) is 6.95. The summed E-state index contributed by atoms with van der Waals surface area (Å²) in [6, 6.07) is 9.82. The number of para-hydroxylation sites is 1. The molecule has 2 rings (SSSR count). The van der Waals surface area contributed by atoms with E-state index >= 15 is 0 Å². The van der Waals surface area contributed by atoms with E-state index in [0.717, 1.165) is 28.3 Å². The molecule has 0 fully saturated rings. The number of rotatable bonds is 5. The number of guanidine groups is 1. The van der Waals surface area contributed by atoms with Crippen LogP contribution in [0.3, 0.4) is 0 Å². The first kappa shape index (κ1) is 15.1. The SMILES string of the molecule is COCc1ccccc1NC(N)=NCc1cc(C)oc1C. The van der Waals surface area contributed by atoms with E-state index in [-0.39, 0.29) is 0 Å². The molecule has 0 atom stereocenters. The minimum atomic E-state index is 0.372. The average molecular weight is 287 g/mol. The van der Waals surface area contributed by atoms with Crippen molar-refractivity contribution in [3.63, 3.8) is 0 Å². The van der Waals surface area contributed by atoms with Gasteiger partial charge < -0.3 is 20.2 Å². The van der Waals surface area contributed by atoms with Crippen molar-refractivity contribution < 1.29 is 9.15 Å². The number of hydrogen-bond donors (Lipinski definition) is 2. The van der Waals surface area contributed by atoms with E-state index in [0.29, 0.717) is 19.1 Å². The fourth-order valence-electron chi connectivity index (χ4n) is 2.11. The van der Waals surface area contributed by atoms with Crippen molar-refractivity contribution in [2.75, 3.05) is 12.4 Å². The molecule has 112 valence electrons. The van der Waals surface area contributed by atoms with Crippen molar-refractivity contribution in [3.8, 4) is 0 Å². The largest absolute Gasteiger partial charge is 0.466 e. The van der Waals surface area contributed by atoms with E-state index in [1.165, 1.54) is 0 Å². The number of aryl methyl sites for hydroxylation is 2. The number of nitrogens with zero attached hydrogens (tertiary/aromatic N) is 1. The van der Waals surface area contributed by atoms with Gasteiger partial charge >= 0.3 is 0 Å². The maximum Gasteiger partial charge on any atom is 0.193 e. The van der Waals surface area contributed by atoms with Crippen LogP contribution < -0.4 is 11.1 Å². The fraction of sp³-hybridized carbons (Fsp3) is 0.312. The number of nitrogens with two attached hydrogens (primary N) is 1. The zero-order chi connectivity index (χ0) is 15.2. The van der Waals surface area contributed by atoms with Gasteiger partial charge in [0.2, 0.25) is 0 Å². The summed E-state index contributed by atoms with van der Waals surface area (Å²) in [4.78, 5) is 4.35. The standard InChI is InChI=1S/C16H21N3O2/c1-11-8-14(12(2)21-11)9-18-16(17)19-15-7-5-4-6-13(15)10-20-3/h4-8H,9-10H2,1-3H3,(H3,17,18,19). The second-order valence-corrected chi connectivity index (χ2v) is 4.86. The van der Waals surface area contributed by atoms with Crippen LogP contribution in [0.1, 0.15) is 22.6 Å². The molecule has 0 aliphatic carbocycles. The quantitative estimate of drug-likeness (QED) is 0.655. The lowest BCUT2D eigenvalue weighted by atomic mass is 10.2. The molecule has 0 saturated heterocycles. The number of benzene rings is 1. The number of nitrogens with one attached hydrogen (secondary N) is 1. The van der Waals surface area contributed by atoms with Gasteiger partial charge in [0.05, 0.1) is 13.2 Å². The molecule has 5 nitrogen and oxygen atoms in total. The number of methoxy groups -OCH3 is 1. The highest BCUT2D eigenvalue weighted by atomic mass is 16.5. The topological polar surface area (TPSA) is 72.8 Å². The molecule has 1 aromatic carbocycles. The Morgan fingerprint density at radius 2 is 2.05 bits per heavy atom. The van der Waals surface area contributed by atoms with Crippen LogP contribution in [-0.2, 0) is 17.9 Å². The summed E-state index contributed by atoms with van der Waals surface area (Å²) in [5.74, 6) is 2.13. The zero-order valence-electron chi connectivity index (χ0n) is 12.6. The molecule has 1 heterocycles. The van der Waals surface area contributed by atoms with E-state index in [1.807, 2.05) is 44.2 Å². The molecule has 3 N–H and O–H groups in total. The van der Waals surface area contributed by atoms with Gasteiger partial charge in [0.1, 0.15) is 11.5 Å². The first-order valence-electron chi connectivity index (χ1n) is 6.80. The van der Waals surface area contributed by atoms with Crippen LogP contribution in [0.25, 0.3) is 0 Å². The van der Waals surface area contributed by atoms with Gasteiger partial charge in [-0.2, -0.15) is 0 Å². The number of aliphatic imine (C=N–C) groups is 1. The Bertz CT molecular complexity index is 632. The number of furan rings is 1. The maximum absolute atomic E-state index is 5.94. The highest BCUT2D eigenvalue weighted by Crippen LogP contribution is 2.16. The molecule has 0 aliphatic rings. The molecule has 0 spiro atoms. The maximum atomic E-state index is 5.94. The first-order valence-corrected chi connectivity index (χ1v) is 6.80. The zero-order valence-corrected chi connectivity index (χ0v) is 12.6.